The molecule has 0 aliphatic heterocycles. The SMILES string of the molecule is NC(=O)c1cc(-c2cc(F)c(F)cc2F)[nH]c1N(N)C=O. The number of aromatic nitrogens is 1. The summed E-state index contributed by atoms with van der Waals surface area (Å²) in [6.07, 6.45) is 0.184. The third-order valence-corrected chi connectivity index (χ3v) is 2.73. The van der Waals surface area contributed by atoms with Crippen LogP contribution in [0.4, 0.5) is 19.0 Å². The first kappa shape index (κ1) is 14.6. The predicted octanol–water partition coefficient (Wildman–Crippen LogP) is 1.03. The van der Waals surface area contributed by atoms with Crippen molar-refractivity contribution in [2.75, 3.05) is 5.01 Å². The molecule has 1 heterocycles. The van der Waals surface area contributed by atoms with Gasteiger partial charge in [-0.05, 0) is 12.1 Å². The first-order valence-electron chi connectivity index (χ1n) is 5.52. The largest absolute Gasteiger partial charge is 0.365 e. The number of nitrogens with zero attached hydrogens (tertiary/aromatic N) is 1. The van der Waals surface area contributed by atoms with Crippen LogP contribution in [-0.2, 0) is 4.79 Å². The number of benzene rings is 1. The molecule has 0 aliphatic carbocycles. The quantitative estimate of drug-likeness (QED) is 0.258. The summed E-state index contributed by atoms with van der Waals surface area (Å²) in [5, 5.41) is 0.515. The van der Waals surface area contributed by atoms with Crippen LogP contribution in [0, 0.1) is 17.5 Å². The van der Waals surface area contributed by atoms with Gasteiger partial charge in [-0.2, -0.15) is 0 Å². The molecule has 0 fully saturated rings. The molecular weight excluding hydrogens is 289 g/mol. The molecule has 2 amide bonds. The van der Waals surface area contributed by atoms with Gasteiger partial charge in [-0.25, -0.2) is 24.0 Å². The Morgan fingerprint density at radius 1 is 1.14 bits per heavy atom. The summed E-state index contributed by atoms with van der Waals surface area (Å²) in [5.74, 6) is 0.487. The van der Waals surface area contributed by atoms with Gasteiger partial charge in [0.15, 0.2) is 11.6 Å². The van der Waals surface area contributed by atoms with E-state index in [0.29, 0.717) is 17.1 Å². The van der Waals surface area contributed by atoms with E-state index >= 15 is 0 Å². The van der Waals surface area contributed by atoms with Crippen molar-refractivity contribution in [3.05, 3.63) is 41.2 Å². The van der Waals surface area contributed by atoms with Gasteiger partial charge < -0.3 is 10.7 Å². The summed E-state index contributed by atoms with van der Waals surface area (Å²) < 4.78 is 39.8. The molecule has 1 aromatic carbocycles. The summed E-state index contributed by atoms with van der Waals surface area (Å²) >= 11 is 0. The van der Waals surface area contributed by atoms with Gasteiger partial charge in [0, 0.05) is 11.6 Å². The molecule has 2 rings (SSSR count). The molecule has 2 aromatic rings. The molecule has 0 saturated heterocycles. The van der Waals surface area contributed by atoms with E-state index in [0.717, 1.165) is 6.07 Å². The fraction of sp³-hybridized carbons (Fsp3) is 0. The van der Waals surface area contributed by atoms with Gasteiger partial charge in [0.25, 0.3) is 5.91 Å². The number of nitrogens with one attached hydrogen (secondary N) is 1. The number of carbonyl (C=O) groups excluding carboxylic acids is 2. The van der Waals surface area contributed by atoms with Crippen LogP contribution in [0.15, 0.2) is 18.2 Å². The Bertz CT molecular complexity index is 730. The summed E-state index contributed by atoms with van der Waals surface area (Å²) in [6.45, 7) is 0. The zero-order valence-electron chi connectivity index (χ0n) is 10.4. The average molecular weight is 298 g/mol. The van der Waals surface area contributed by atoms with Gasteiger partial charge in [0.2, 0.25) is 6.41 Å². The van der Waals surface area contributed by atoms with Crippen molar-refractivity contribution in [2.24, 2.45) is 11.6 Å². The first-order chi connectivity index (χ1) is 9.85. The molecule has 0 atom stereocenters. The molecule has 1 aromatic heterocycles. The predicted molar refractivity (Wildman–Crippen MR) is 67.4 cm³/mol. The molecule has 5 N–H and O–H groups in total. The van der Waals surface area contributed by atoms with E-state index in [1.165, 1.54) is 0 Å². The Morgan fingerprint density at radius 2 is 1.76 bits per heavy atom. The van der Waals surface area contributed by atoms with Crippen molar-refractivity contribution in [2.45, 2.75) is 0 Å². The fourth-order valence-electron chi connectivity index (χ4n) is 1.76. The van der Waals surface area contributed by atoms with E-state index in [-0.39, 0.29) is 29.0 Å². The molecule has 9 heteroatoms. The van der Waals surface area contributed by atoms with Crippen LogP contribution in [0.1, 0.15) is 10.4 Å². The first-order valence-corrected chi connectivity index (χ1v) is 5.52. The smallest absolute Gasteiger partial charge is 0.252 e. The maximum atomic E-state index is 13.7. The number of aromatic amines is 1. The van der Waals surface area contributed by atoms with Gasteiger partial charge in [-0.15, -0.1) is 0 Å². The second-order valence-corrected chi connectivity index (χ2v) is 4.07. The van der Waals surface area contributed by atoms with Crippen LogP contribution in [0.2, 0.25) is 0 Å². The number of H-pyrrole nitrogens is 1. The lowest BCUT2D eigenvalue weighted by atomic mass is 10.1. The number of hydrogen-bond acceptors (Lipinski definition) is 3. The van der Waals surface area contributed by atoms with Gasteiger partial charge in [0.05, 0.1) is 11.3 Å². The van der Waals surface area contributed by atoms with Crippen LogP contribution >= 0.6 is 0 Å². The normalized spacial score (nSPS) is 10.5. The lowest BCUT2D eigenvalue weighted by Crippen LogP contribution is -2.31. The average Bonchev–Trinajstić information content (AvgIpc) is 2.87. The van der Waals surface area contributed by atoms with Crippen molar-refractivity contribution < 1.29 is 22.8 Å². The van der Waals surface area contributed by atoms with E-state index in [9.17, 15) is 22.8 Å². The van der Waals surface area contributed by atoms with E-state index in [4.69, 9.17) is 11.6 Å². The Hall–Kier alpha value is -2.81. The van der Waals surface area contributed by atoms with Gasteiger partial charge >= 0.3 is 0 Å². The summed E-state index contributed by atoms with van der Waals surface area (Å²) in [5.41, 5.74) is 4.47. The zero-order valence-corrected chi connectivity index (χ0v) is 10.4. The number of amides is 2. The zero-order chi connectivity index (χ0) is 15.7. The number of nitrogens with two attached hydrogens (primary N) is 2. The third kappa shape index (κ3) is 2.58. The molecular formula is C12H9F3N4O2. The van der Waals surface area contributed by atoms with E-state index in [1.807, 2.05) is 0 Å². The fourth-order valence-corrected chi connectivity index (χ4v) is 1.76. The monoisotopic (exact) mass is 298 g/mol. The van der Waals surface area contributed by atoms with Crippen LogP contribution in [0.25, 0.3) is 11.3 Å². The second-order valence-electron chi connectivity index (χ2n) is 4.07. The molecule has 110 valence electrons. The third-order valence-electron chi connectivity index (χ3n) is 2.73. The number of primary amides is 1. The van der Waals surface area contributed by atoms with Crippen molar-refractivity contribution >= 4 is 18.1 Å². The minimum atomic E-state index is -1.36. The highest BCUT2D eigenvalue weighted by atomic mass is 19.2. The molecule has 0 aliphatic rings. The Morgan fingerprint density at radius 3 is 2.33 bits per heavy atom. The molecule has 0 radical (unpaired) electrons. The number of rotatable bonds is 4. The van der Waals surface area contributed by atoms with Crippen LogP contribution in [0.5, 0.6) is 0 Å². The highest BCUT2D eigenvalue weighted by Gasteiger charge is 2.20. The molecule has 0 bridgehead atoms. The summed E-state index contributed by atoms with van der Waals surface area (Å²) in [6, 6.07) is 2.04. The second kappa shape index (κ2) is 5.29. The number of carbonyl (C=O) groups is 2. The van der Waals surface area contributed by atoms with Gasteiger partial charge in [-0.1, -0.05) is 0 Å². The lowest BCUT2D eigenvalue weighted by Gasteiger charge is -2.09. The topological polar surface area (TPSA) is 105 Å². The highest BCUT2D eigenvalue weighted by Crippen LogP contribution is 2.29. The minimum Gasteiger partial charge on any atom is -0.365 e. The summed E-state index contributed by atoms with van der Waals surface area (Å²) in [4.78, 5) is 24.4. The molecule has 21 heavy (non-hydrogen) atoms. The number of hydrogen-bond donors (Lipinski definition) is 3. The van der Waals surface area contributed by atoms with Gasteiger partial charge in [0.1, 0.15) is 11.6 Å². The van der Waals surface area contributed by atoms with Gasteiger partial charge in [-0.3, -0.25) is 9.59 Å². The molecule has 0 unspecified atom stereocenters. The number of hydrazine groups is 1. The van der Waals surface area contributed by atoms with Crippen molar-refractivity contribution in [3.8, 4) is 11.3 Å². The Labute approximate surface area is 116 Å². The molecule has 0 saturated carbocycles. The number of anilines is 1. The van der Waals surface area contributed by atoms with E-state index in [2.05, 4.69) is 4.98 Å². The van der Waals surface area contributed by atoms with Crippen LogP contribution < -0.4 is 16.6 Å². The van der Waals surface area contributed by atoms with Crippen LogP contribution in [-0.4, -0.2) is 17.3 Å². The Balaban J connectivity index is 2.63. The van der Waals surface area contributed by atoms with E-state index in [1.54, 1.807) is 0 Å². The maximum Gasteiger partial charge on any atom is 0.252 e. The standard InChI is InChI=1S/C12H9F3N4O2/c13-7-3-9(15)8(14)1-5(7)10-2-6(11(16)21)12(18-10)19(17)4-20/h1-4,18H,17H2,(H2,16,21). The van der Waals surface area contributed by atoms with E-state index < -0.39 is 23.4 Å². The minimum absolute atomic E-state index is 0.0903. The lowest BCUT2D eigenvalue weighted by molar-refractivity contribution is -0.107. The highest BCUT2D eigenvalue weighted by molar-refractivity contribution is 6.01. The molecule has 6 nitrogen and oxygen atoms in total. The number of halogens is 3. The van der Waals surface area contributed by atoms with Crippen LogP contribution in [0.3, 0.4) is 0 Å². The van der Waals surface area contributed by atoms with Crippen molar-refractivity contribution in [1.82, 2.24) is 4.98 Å². The van der Waals surface area contributed by atoms with Crippen molar-refractivity contribution in [1.29, 1.82) is 0 Å². The molecule has 0 spiro atoms. The maximum absolute atomic E-state index is 13.7. The summed E-state index contributed by atoms with van der Waals surface area (Å²) in [7, 11) is 0. The Kier molecular flexibility index (Phi) is 3.68. The van der Waals surface area contributed by atoms with Crippen molar-refractivity contribution in [3.63, 3.8) is 0 Å².